The van der Waals surface area contributed by atoms with Crippen molar-refractivity contribution in [1.29, 1.82) is 0 Å². The van der Waals surface area contributed by atoms with Gasteiger partial charge in [-0.3, -0.25) is 4.79 Å². The smallest absolute Gasteiger partial charge is 0.326 e. The molecule has 0 aliphatic carbocycles. The molecule has 4 nitrogen and oxygen atoms in total. The van der Waals surface area contributed by atoms with Crippen LogP contribution in [0.15, 0.2) is 24.3 Å². The van der Waals surface area contributed by atoms with Gasteiger partial charge in [0.2, 0.25) is 5.91 Å². The monoisotopic (exact) mass is 285 g/mol. The van der Waals surface area contributed by atoms with E-state index in [0.717, 1.165) is 5.56 Å². The summed E-state index contributed by atoms with van der Waals surface area (Å²) in [4.78, 5) is 22.4. The first-order chi connectivity index (χ1) is 9.02. The molecule has 0 aliphatic heterocycles. The van der Waals surface area contributed by atoms with Crippen molar-refractivity contribution < 1.29 is 19.1 Å². The first-order valence-corrected chi connectivity index (χ1v) is 6.53. The van der Waals surface area contributed by atoms with Crippen molar-refractivity contribution in [3.63, 3.8) is 0 Å². The lowest BCUT2D eigenvalue weighted by Crippen LogP contribution is -2.41. The van der Waals surface area contributed by atoms with Gasteiger partial charge in [0.15, 0.2) is 0 Å². The normalized spacial score (nSPS) is 11.9. The highest BCUT2D eigenvalue weighted by Gasteiger charge is 2.18. The number of thiol groups is 1. The molecule has 1 atom stereocenters. The van der Waals surface area contributed by atoms with Gasteiger partial charge in [-0.2, -0.15) is 12.6 Å². The standard InChI is InChI=1S/C13H16FNO3S/c14-10-4-1-9(2-5-10)3-6-12(16)15-11(7-8-19)13(17)18/h1-2,4-5,11,19H,3,6-8H2,(H,15,16)(H,17,18). The maximum absolute atomic E-state index is 12.7. The van der Waals surface area contributed by atoms with Crippen molar-refractivity contribution in [3.05, 3.63) is 35.6 Å². The SMILES string of the molecule is O=C(CCc1ccc(F)cc1)NC(CCS)C(=O)O. The Morgan fingerprint density at radius 1 is 1.32 bits per heavy atom. The second-order valence-electron chi connectivity index (χ2n) is 4.10. The van der Waals surface area contributed by atoms with Crippen molar-refractivity contribution in [3.8, 4) is 0 Å². The average Bonchev–Trinajstić information content (AvgIpc) is 2.37. The molecule has 1 amide bonds. The summed E-state index contributed by atoms with van der Waals surface area (Å²) in [5.41, 5.74) is 0.831. The molecular weight excluding hydrogens is 269 g/mol. The van der Waals surface area contributed by atoms with Crippen LogP contribution in [-0.4, -0.2) is 28.8 Å². The molecule has 1 aromatic carbocycles. The summed E-state index contributed by atoms with van der Waals surface area (Å²) in [6, 6.07) is 4.96. The molecule has 0 fully saturated rings. The molecule has 104 valence electrons. The molecule has 6 heteroatoms. The van der Waals surface area contributed by atoms with Gasteiger partial charge < -0.3 is 10.4 Å². The fourth-order valence-corrected chi connectivity index (χ4v) is 1.82. The number of aliphatic carboxylic acids is 1. The zero-order chi connectivity index (χ0) is 14.3. The van der Waals surface area contributed by atoms with Crippen molar-refractivity contribution in [2.75, 3.05) is 5.75 Å². The van der Waals surface area contributed by atoms with Crippen LogP contribution in [-0.2, 0) is 16.0 Å². The van der Waals surface area contributed by atoms with E-state index in [-0.39, 0.29) is 24.6 Å². The van der Waals surface area contributed by atoms with Gasteiger partial charge in [0.25, 0.3) is 0 Å². The Bertz CT molecular complexity index is 436. The molecule has 0 saturated heterocycles. The molecule has 0 bridgehead atoms. The van der Waals surface area contributed by atoms with Crippen LogP contribution in [0.5, 0.6) is 0 Å². The molecule has 2 N–H and O–H groups in total. The van der Waals surface area contributed by atoms with Gasteiger partial charge in [-0.1, -0.05) is 12.1 Å². The zero-order valence-corrected chi connectivity index (χ0v) is 11.2. The van der Waals surface area contributed by atoms with Gasteiger partial charge >= 0.3 is 5.97 Å². The summed E-state index contributed by atoms with van der Waals surface area (Å²) in [7, 11) is 0. The summed E-state index contributed by atoms with van der Waals surface area (Å²) < 4.78 is 12.7. The number of amides is 1. The van der Waals surface area contributed by atoms with E-state index in [0.29, 0.717) is 12.2 Å². The third-order valence-corrected chi connectivity index (χ3v) is 2.86. The number of benzene rings is 1. The number of carboxylic acid groups (broad SMARTS) is 1. The fraction of sp³-hybridized carbons (Fsp3) is 0.385. The Morgan fingerprint density at radius 2 is 1.95 bits per heavy atom. The van der Waals surface area contributed by atoms with Gasteiger partial charge in [0.05, 0.1) is 0 Å². The lowest BCUT2D eigenvalue weighted by atomic mass is 10.1. The second kappa shape index (κ2) is 7.78. The molecule has 19 heavy (non-hydrogen) atoms. The quantitative estimate of drug-likeness (QED) is 0.667. The van der Waals surface area contributed by atoms with Crippen LogP contribution in [0.4, 0.5) is 4.39 Å². The van der Waals surface area contributed by atoms with Crippen LogP contribution in [0.2, 0.25) is 0 Å². The Labute approximate surface area is 116 Å². The van der Waals surface area contributed by atoms with Crippen molar-refractivity contribution >= 4 is 24.5 Å². The highest BCUT2D eigenvalue weighted by Crippen LogP contribution is 2.06. The minimum atomic E-state index is -1.07. The minimum absolute atomic E-state index is 0.169. The fourth-order valence-electron chi connectivity index (χ4n) is 1.56. The molecular formula is C13H16FNO3S. The number of carboxylic acids is 1. The second-order valence-corrected chi connectivity index (χ2v) is 4.54. The van der Waals surface area contributed by atoms with Crippen molar-refractivity contribution in [1.82, 2.24) is 5.32 Å². The van der Waals surface area contributed by atoms with Crippen LogP contribution >= 0.6 is 12.6 Å². The minimum Gasteiger partial charge on any atom is -0.480 e. The third kappa shape index (κ3) is 5.74. The van der Waals surface area contributed by atoms with Gasteiger partial charge in [-0.15, -0.1) is 0 Å². The highest BCUT2D eigenvalue weighted by molar-refractivity contribution is 7.80. The molecule has 0 radical (unpaired) electrons. The molecule has 1 aromatic rings. The highest BCUT2D eigenvalue weighted by atomic mass is 32.1. The first-order valence-electron chi connectivity index (χ1n) is 5.90. The Balaban J connectivity index is 2.42. The van der Waals surface area contributed by atoms with Crippen LogP contribution in [0.3, 0.4) is 0 Å². The number of carbonyl (C=O) groups is 2. The predicted octanol–water partition coefficient (Wildman–Crippen LogP) is 1.65. The van der Waals surface area contributed by atoms with E-state index in [1.165, 1.54) is 12.1 Å². The maximum atomic E-state index is 12.7. The number of rotatable bonds is 7. The first kappa shape index (κ1) is 15.5. The van der Waals surface area contributed by atoms with E-state index in [1.807, 2.05) is 0 Å². The molecule has 0 heterocycles. The van der Waals surface area contributed by atoms with Crippen molar-refractivity contribution in [2.45, 2.75) is 25.3 Å². The van der Waals surface area contributed by atoms with E-state index in [9.17, 15) is 14.0 Å². The molecule has 0 aromatic heterocycles. The lowest BCUT2D eigenvalue weighted by Gasteiger charge is -2.13. The molecule has 0 aliphatic rings. The van der Waals surface area contributed by atoms with E-state index in [4.69, 9.17) is 5.11 Å². The lowest BCUT2D eigenvalue weighted by molar-refractivity contribution is -0.141. The summed E-state index contributed by atoms with van der Waals surface area (Å²) in [5, 5.41) is 11.3. The van der Waals surface area contributed by atoms with Crippen LogP contribution in [0, 0.1) is 5.82 Å². The number of nitrogens with one attached hydrogen (secondary N) is 1. The van der Waals surface area contributed by atoms with E-state index in [1.54, 1.807) is 12.1 Å². The van der Waals surface area contributed by atoms with Crippen molar-refractivity contribution in [2.24, 2.45) is 0 Å². The van der Waals surface area contributed by atoms with Gasteiger partial charge in [-0.25, -0.2) is 9.18 Å². The van der Waals surface area contributed by atoms with Gasteiger partial charge in [0.1, 0.15) is 11.9 Å². The van der Waals surface area contributed by atoms with Crippen LogP contribution in [0.25, 0.3) is 0 Å². The third-order valence-electron chi connectivity index (χ3n) is 2.61. The summed E-state index contributed by atoms with van der Waals surface area (Å²) in [6.45, 7) is 0. The molecule has 1 rings (SSSR count). The Hall–Kier alpha value is -1.56. The number of hydrogen-bond acceptors (Lipinski definition) is 3. The Kier molecular flexibility index (Phi) is 6.35. The van der Waals surface area contributed by atoms with E-state index in [2.05, 4.69) is 17.9 Å². The van der Waals surface area contributed by atoms with Crippen LogP contribution in [0.1, 0.15) is 18.4 Å². The largest absolute Gasteiger partial charge is 0.480 e. The summed E-state index contributed by atoms with van der Waals surface area (Å²) in [6.07, 6.45) is 0.891. The molecule has 0 saturated carbocycles. The zero-order valence-electron chi connectivity index (χ0n) is 10.3. The average molecular weight is 285 g/mol. The van der Waals surface area contributed by atoms with Gasteiger partial charge in [0, 0.05) is 6.42 Å². The van der Waals surface area contributed by atoms with Crippen LogP contribution < -0.4 is 5.32 Å². The topological polar surface area (TPSA) is 66.4 Å². The maximum Gasteiger partial charge on any atom is 0.326 e. The number of aryl methyl sites for hydroxylation is 1. The molecule has 1 unspecified atom stereocenters. The van der Waals surface area contributed by atoms with Gasteiger partial charge in [-0.05, 0) is 36.3 Å². The summed E-state index contributed by atoms with van der Waals surface area (Å²) >= 11 is 3.95. The summed E-state index contributed by atoms with van der Waals surface area (Å²) in [5.74, 6) is -1.34. The Morgan fingerprint density at radius 3 is 2.47 bits per heavy atom. The number of halogens is 1. The molecule has 0 spiro atoms. The number of hydrogen-bond donors (Lipinski definition) is 3. The predicted molar refractivity (Wildman–Crippen MR) is 72.8 cm³/mol. The number of carbonyl (C=O) groups excluding carboxylic acids is 1. The van der Waals surface area contributed by atoms with E-state index >= 15 is 0 Å². The van der Waals surface area contributed by atoms with E-state index < -0.39 is 12.0 Å².